The first-order valence-corrected chi connectivity index (χ1v) is 10.9. The number of aromatic nitrogens is 2. The van der Waals surface area contributed by atoms with Crippen LogP contribution in [0.3, 0.4) is 0 Å². The molecule has 0 radical (unpaired) electrons. The summed E-state index contributed by atoms with van der Waals surface area (Å²) in [6, 6.07) is 1.48. The molecule has 1 fully saturated rings. The normalized spacial score (nSPS) is 30.8. The highest BCUT2D eigenvalue weighted by Crippen LogP contribution is 2.40. The molecule has 126 valence electrons. The maximum absolute atomic E-state index is 12.1. The standard InChI is InChI=1S/C15H23N3O4Si/c1-15(9-19)12(20)10(6-8-23(2,3)4)13(22-15)18-7-5-11(16)17-14(18)21/h5,7,10,12-13,19-20H,9H2,1-4H3,(H2,16,17,21)/t10-,12-,13+,15+/m0/s1. The largest absolute Gasteiger partial charge is 0.393 e. The van der Waals surface area contributed by atoms with Gasteiger partial charge in [0, 0.05) is 6.20 Å². The third-order valence-corrected chi connectivity index (χ3v) is 4.61. The van der Waals surface area contributed by atoms with Crippen LogP contribution in [0.2, 0.25) is 19.6 Å². The summed E-state index contributed by atoms with van der Waals surface area (Å²) in [7, 11) is -1.68. The van der Waals surface area contributed by atoms with E-state index in [1.165, 1.54) is 16.8 Å². The number of hydrogen-bond donors (Lipinski definition) is 3. The number of aliphatic hydroxyl groups excluding tert-OH is 2. The Balaban J connectivity index is 2.49. The molecule has 4 N–H and O–H groups in total. The van der Waals surface area contributed by atoms with E-state index in [-0.39, 0.29) is 12.4 Å². The molecule has 0 bridgehead atoms. The Morgan fingerprint density at radius 2 is 2.17 bits per heavy atom. The Hall–Kier alpha value is -1.66. The zero-order valence-electron chi connectivity index (χ0n) is 13.8. The molecular weight excluding hydrogens is 314 g/mol. The molecule has 1 aliphatic rings. The number of nitrogens with two attached hydrogens (primary N) is 1. The number of hydrogen-bond acceptors (Lipinski definition) is 6. The fourth-order valence-corrected chi connectivity index (χ4v) is 2.98. The Bertz CT molecular complexity index is 703. The van der Waals surface area contributed by atoms with Gasteiger partial charge in [-0.25, -0.2) is 4.79 Å². The fourth-order valence-electron chi connectivity index (χ4n) is 2.38. The van der Waals surface area contributed by atoms with Crippen molar-refractivity contribution in [3.8, 4) is 11.5 Å². The molecule has 4 atom stereocenters. The van der Waals surface area contributed by atoms with Crippen LogP contribution in [0.15, 0.2) is 17.1 Å². The van der Waals surface area contributed by atoms with Crippen molar-refractivity contribution in [1.29, 1.82) is 0 Å². The van der Waals surface area contributed by atoms with Crippen LogP contribution in [-0.2, 0) is 4.74 Å². The lowest BCUT2D eigenvalue weighted by Gasteiger charge is -2.24. The van der Waals surface area contributed by atoms with Crippen molar-refractivity contribution in [2.45, 2.75) is 44.5 Å². The Morgan fingerprint density at radius 3 is 2.70 bits per heavy atom. The molecule has 7 nitrogen and oxygen atoms in total. The Morgan fingerprint density at radius 1 is 1.52 bits per heavy atom. The lowest BCUT2D eigenvalue weighted by molar-refractivity contribution is -0.117. The molecule has 8 heteroatoms. The summed E-state index contributed by atoms with van der Waals surface area (Å²) in [5.74, 6) is 2.53. The molecule has 1 saturated heterocycles. The predicted molar refractivity (Wildman–Crippen MR) is 89.1 cm³/mol. The van der Waals surface area contributed by atoms with E-state index in [1.54, 1.807) is 6.92 Å². The van der Waals surface area contributed by atoms with Crippen LogP contribution in [0.1, 0.15) is 13.2 Å². The van der Waals surface area contributed by atoms with Gasteiger partial charge in [-0.1, -0.05) is 25.6 Å². The van der Waals surface area contributed by atoms with Gasteiger partial charge in [0.25, 0.3) is 0 Å². The number of anilines is 1. The van der Waals surface area contributed by atoms with Gasteiger partial charge in [0.05, 0.1) is 12.5 Å². The predicted octanol–water partition coefficient (Wildman–Crippen LogP) is -0.0368. The van der Waals surface area contributed by atoms with Crippen LogP contribution in [0.4, 0.5) is 5.82 Å². The Labute approximate surface area is 136 Å². The molecule has 0 spiro atoms. The summed E-state index contributed by atoms with van der Waals surface area (Å²) in [4.78, 5) is 15.8. The molecule has 1 aromatic heterocycles. The molecular formula is C15H23N3O4Si. The van der Waals surface area contributed by atoms with Crippen LogP contribution in [0, 0.1) is 17.4 Å². The highest BCUT2D eigenvalue weighted by atomic mass is 28.3. The van der Waals surface area contributed by atoms with Crippen molar-refractivity contribution in [3.05, 3.63) is 22.7 Å². The van der Waals surface area contributed by atoms with Crippen molar-refractivity contribution in [2.24, 2.45) is 5.92 Å². The summed E-state index contributed by atoms with van der Waals surface area (Å²) in [5, 5.41) is 20.1. The lowest BCUT2D eigenvalue weighted by Crippen LogP contribution is -2.41. The molecule has 23 heavy (non-hydrogen) atoms. The van der Waals surface area contributed by atoms with E-state index in [2.05, 4.69) is 36.1 Å². The maximum atomic E-state index is 12.1. The van der Waals surface area contributed by atoms with Crippen LogP contribution in [-0.4, -0.2) is 46.1 Å². The van der Waals surface area contributed by atoms with Gasteiger partial charge in [0.15, 0.2) is 6.23 Å². The van der Waals surface area contributed by atoms with Gasteiger partial charge in [0.2, 0.25) is 0 Å². The summed E-state index contributed by atoms with van der Waals surface area (Å²) >= 11 is 0. The molecule has 0 aromatic carbocycles. The Kier molecular flexibility index (Phi) is 4.68. The van der Waals surface area contributed by atoms with Crippen LogP contribution >= 0.6 is 0 Å². The van der Waals surface area contributed by atoms with E-state index >= 15 is 0 Å². The van der Waals surface area contributed by atoms with Gasteiger partial charge in [0.1, 0.15) is 25.6 Å². The average Bonchev–Trinajstić information content (AvgIpc) is 2.69. The topological polar surface area (TPSA) is 111 Å². The minimum atomic E-state index is -1.68. The van der Waals surface area contributed by atoms with Gasteiger partial charge >= 0.3 is 5.69 Å². The van der Waals surface area contributed by atoms with E-state index in [1.807, 2.05) is 0 Å². The summed E-state index contributed by atoms with van der Waals surface area (Å²) in [6.07, 6.45) is -0.383. The molecule has 0 amide bonds. The molecule has 1 aromatic rings. The van der Waals surface area contributed by atoms with E-state index in [4.69, 9.17) is 10.5 Å². The zero-order chi connectivity index (χ0) is 17.4. The summed E-state index contributed by atoms with van der Waals surface area (Å²) in [5.41, 5.74) is 6.93. The average molecular weight is 337 g/mol. The number of ether oxygens (including phenoxy) is 1. The first kappa shape index (κ1) is 17.7. The first-order chi connectivity index (χ1) is 10.6. The highest BCUT2D eigenvalue weighted by Gasteiger charge is 2.52. The first-order valence-electron chi connectivity index (χ1n) is 7.41. The third-order valence-electron chi connectivity index (χ3n) is 3.72. The SMILES string of the molecule is C[C@]1(CO)O[C@@H](n2ccc(N)nc2=O)[C@@H](C#C[Si](C)(C)C)[C@@H]1O. The summed E-state index contributed by atoms with van der Waals surface area (Å²) < 4.78 is 7.04. The van der Waals surface area contributed by atoms with E-state index in [0.717, 1.165) is 0 Å². The zero-order valence-corrected chi connectivity index (χ0v) is 14.8. The maximum Gasteiger partial charge on any atom is 0.351 e. The van der Waals surface area contributed by atoms with Crippen molar-refractivity contribution in [3.63, 3.8) is 0 Å². The number of aliphatic hydroxyl groups is 2. The molecule has 2 rings (SSSR count). The number of nitrogens with zero attached hydrogens (tertiary/aromatic N) is 2. The molecule has 0 aliphatic carbocycles. The van der Waals surface area contributed by atoms with Crippen LogP contribution in [0.5, 0.6) is 0 Å². The van der Waals surface area contributed by atoms with Gasteiger partial charge in [-0.15, -0.1) is 5.54 Å². The van der Waals surface area contributed by atoms with Crippen molar-refractivity contribution in [2.75, 3.05) is 12.3 Å². The monoisotopic (exact) mass is 337 g/mol. The molecule has 0 saturated carbocycles. The second kappa shape index (κ2) is 6.09. The second-order valence-electron chi connectivity index (χ2n) is 7.01. The number of nitrogen functional groups attached to an aromatic ring is 1. The van der Waals surface area contributed by atoms with Crippen molar-refractivity contribution < 1.29 is 14.9 Å². The van der Waals surface area contributed by atoms with Gasteiger partial charge in [-0.3, -0.25) is 4.57 Å². The van der Waals surface area contributed by atoms with E-state index < -0.39 is 37.6 Å². The fraction of sp³-hybridized carbons (Fsp3) is 0.600. The van der Waals surface area contributed by atoms with Crippen LogP contribution < -0.4 is 11.4 Å². The minimum Gasteiger partial charge on any atom is -0.393 e. The highest BCUT2D eigenvalue weighted by molar-refractivity contribution is 6.83. The van der Waals surface area contributed by atoms with Crippen LogP contribution in [0.25, 0.3) is 0 Å². The smallest absolute Gasteiger partial charge is 0.351 e. The molecule has 0 unspecified atom stereocenters. The quantitative estimate of drug-likeness (QED) is 0.516. The van der Waals surface area contributed by atoms with Gasteiger partial charge in [-0.05, 0) is 13.0 Å². The number of rotatable bonds is 2. The van der Waals surface area contributed by atoms with E-state index in [0.29, 0.717) is 0 Å². The van der Waals surface area contributed by atoms with Crippen molar-refractivity contribution >= 4 is 13.9 Å². The van der Waals surface area contributed by atoms with Gasteiger partial charge in [-0.2, -0.15) is 4.98 Å². The minimum absolute atomic E-state index is 0.111. The third kappa shape index (κ3) is 3.64. The van der Waals surface area contributed by atoms with E-state index in [9.17, 15) is 15.0 Å². The lowest BCUT2D eigenvalue weighted by atomic mass is 9.92. The van der Waals surface area contributed by atoms with Crippen molar-refractivity contribution in [1.82, 2.24) is 9.55 Å². The van der Waals surface area contributed by atoms with Gasteiger partial charge < -0.3 is 20.7 Å². The summed E-state index contributed by atoms with van der Waals surface area (Å²) in [6.45, 7) is 7.46. The molecule has 1 aliphatic heterocycles. The second-order valence-corrected chi connectivity index (χ2v) is 11.8. The molecule has 2 heterocycles.